The van der Waals surface area contributed by atoms with Gasteiger partial charge < -0.3 is 29.7 Å². The number of carbonyl (C=O) groups is 1. The number of ether oxygens (including phenoxy) is 3. The molecular formula is C26H29F2N5O4. The number of amides is 1. The molecule has 2 aromatic carbocycles. The van der Waals surface area contributed by atoms with Crippen molar-refractivity contribution in [1.82, 2.24) is 15.3 Å². The first-order chi connectivity index (χ1) is 17.9. The molecule has 2 heterocycles. The van der Waals surface area contributed by atoms with Gasteiger partial charge in [0.25, 0.3) is 0 Å². The number of halogens is 2. The van der Waals surface area contributed by atoms with Gasteiger partial charge in [-0.1, -0.05) is 6.07 Å². The van der Waals surface area contributed by atoms with Crippen LogP contribution in [0.4, 0.5) is 26.2 Å². The predicted molar refractivity (Wildman–Crippen MR) is 135 cm³/mol. The fourth-order valence-corrected chi connectivity index (χ4v) is 4.26. The number of nitrogens with one attached hydrogen (secondary N) is 2. The fourth-order valence-electron chi connectivity index (χ4n) is 4.26. The third kappa shape index (κ3) is 6.16. The van der Waals surface area contributed by atoms with Gasteiger partial charge in [0.2, 0.25) is 17.6 Å². The van der Waals surface area contributed by atoms with Crippen LogP contribution in [0.1, 0.15) is 18.4 Å². The Morgan fingerprint density at radius 2 is 1.84 bits per heavy atom. The first kappa shape index (κ1) is 25.9. The van der Waals surface area contributed by atoms with Crippen LogP contribution in [-0.2, 0) is 11.3 Å². The average molecular weight is 514 g/mol. The topological polar surface area (TPSA) is 97.8 Å². The highest BCUT2D eigenvalue weighted by atomic mass is 19.1. The highest BCUT2D eigenvalue weighted by molar-refractivity contribution is 5.79. The van der Waals surface area contributed by atoms with Gasteiger partial charge in [-0.05, 0) is 25.0 Å². The molecule has 0 bridgehead atoms. The zero-order chi connectivity index (χ0) is 26.4. The number of methoxy groups -OCH3 is 3. The standard InChI is InChI=1S/C26H29F2N5O4/c1-35-21-12-19(13-22(36-2)24(21)37-3)31-26-29-9-8-23(32-26)33-10-4-5-17(15-33)25(34)30-14-16-6-7-18(27)11-20(16)28/h6-9,11-13,17H,4-5,10,14-15H2,1-3H3,(H,30,34)(H,29,31,32)/t17-/m0/s1. The number of anilines is 3. The van der Waals surface area contributed by atoms with Crippen molar-refractivity contribution in [3.05, 3.63) is 59.8 Å². The summed E-state index contributed by atoms with van der Waals surface area (Å²) < 4.78 is 43.2. The normalized spacial score (nSPS) is 15.2. The van der Waals surface area contributed by atoms with Crippen LogP contribution < -0.4 is 29.7 Å². The Morgan fingerprint density at radius 1 is 1.08 bits per heavy atom. The highest BCUT2D eigenvalue weighted by Gasteiger charge is 2.27. The Kier molecular flexibility index (Phi) is 8.22. The molecule has 11 heteroatoms. The lowest BCUT2D eigenvalue weighted by molar-refractivity contribution is -0.125. The number of benzene rings is 2. The number of nitrogens with zero attached hydrogens (tertiary/aromatic N) is 3. The molecule has 1 fully saturated rings. The Morgan fingerprint density at radius 3 is 2.51 bits per heavy atom. The maximum Gasteiger partial charge on any atom is 0.229 e. The van der Waals surface area contributed by atoms with Crippen molar-refractivity contribution in [3.63, 3.8) is 0 Å². The maximum atomic E-state index is 13.9. The van der Waals surface area contributed by atoms with Gasteiger partial charge in [0, 0.05) is 55.3 Å². The maximum absolute atomic E-state index is 13.9. The molecule has 0 aliphatic carbocycles. The first-order valence-corrected chi connectivity index (χ1v) is 11.8. The van der Waals surface area contributed by atoms with Crippen LogP contribution in [0.2, 0.25) is 0 Å². The molecule has 1 atom stereocenters. The molecule has 9 nitrogen and oxygen atoms in total. The Balaban J connectivity index is 1.43. The largest absolute Gasteiger partial charge is 0.493 e. The van der Waals surface area contributed by atoms with E-state index in [0.29, 0.717) is 47.7 Å². The van der Waals surface area contributed by atoms with Gasteiger partial charge in [0.1, 0.15) is 17.5 Å². The van der Waals surface area contributed by atoms with Crippen LogP contribution in [-0.4, -0.2) is 50.3 Å². The van der Waals surface area contributed by atoms with Gasteiger partial charge in [-0.15, -0.1) is 0 Å². The SMILES string of the molecule is COc1cc(Nc2nccc(N3CCC[C@H](C(=O)NCc4ccc(F)cc4F)C3)n2)cc(OC)c1OC. The number of aromatic nitrogens is 2. The second-order valence-electron chi connectivity index (χ2n) is 8.52. The van der Waals surface area contributed by atoms with Crippen molar-refractivity contribution in [2.75, 3.05) is 44.6 Å². The summed E-state index contributed by atoms with van der Waals surface area (Å²) in [6.45, 7) is 1.19. The number of piperidine rings is 1. The summed E-state index contributed by atoms with van der Waals surface area (Å²) in [6.07, 6.45) is 3.14. The third-order valence-electron chi connectivity index (χ3n) is 6.15. The minimum absolute atomic E-state index is 0.00217. The van der Waals surface area contributed by atoms with Crippen molar-refractivity contribution >= 4 is 23.4 Å². The summed E-state index contributed by atoms with van der Waals surface area (Å²) in [5.41, 5.74) is 0.885. The fraction of sp³-hybridized carbons (Fsp3) is 0.346. The van der Waals surface area contributed by atoms with Gasteiger partial charge in [-0.25, -0.2) is 13.8 Å². The molecule has 1 saturated heterocycles. The van der Waals surface area contributed by atoms with Crippen molar-refractivity contribution in [2.45, 2.75) is 19.4 Å². The molecule has 0 spiro atoms. The summed E-state index contributed by atoms with van der Waals surface area (Å²) in [6, 6.07) is 8.61. The van der Waals surface area contributed by atoms with Crippen LogP contribution in [0.5, 0.6) is 17.2 Å². The van der Waals surface area contributed by atoms with E-state index in [1.807, 2.05) is 4.90 Å². The molecule has 1 aliphatic heterocycles. The third-order valence-corrected chi connectivity index (χ3v) is 6.15. The molecule has 4 rings (SSSR count). The predicted octanol–water partition coefficient (Wildman–Crippen LogP) is 4.06. The Labute approximate surface area is 213 Å². The second-order valence-corrected chi connectivity index (χ2v) is 8.52. The lowest BCUT2D eigenvalue weighted by atomic mass is 9.97. The summed E-state index contributed by atoms with van der Waals surface area (Å²) in [4.78, 5) is 23.8. The zero-order valence-corrected chi connectivity index (χ0v) is 20.9. The van der Waals surface area contributed by atoms with Crippen LogP contribution in [0, 0.1) is 17.6 Å². The van der Waals surface area contributed by atoms with Crippen molar-refractivity contribution in [1.29, 1.82) is 0 Å². The molecule has 1 aliphatic rings. The average Bonchev–Trinajstić information content (AvgIpc) is 2.92. The molecule has 1 amide bonds. The van der Waals surface area contributed by atoms with E-state index in [1.54, 1.807) is 24.4 Å². The van der Waals surface area contributed by atoms with Crippen LogP contribution in [0.25, 0.3) is 0 Å². The van der Waals surface area contributed by atoms with E-state index in [4.69, 9.17) is 14.2 Å². The van der Waals surface area contributed by atoms with Crippen molar-refractivity contribution in [3.8, 4) is 17.2 Å². The van der Waals surface area contributed by atoms with Gasteiger partial charge in [0.15, 0.2) is 11.5 Å². The van der Waals surface area contributed by atoms with E-state index in [-0.39, 0.29) is 23.9 Å². The van der Waals surface area contributed by atoms with Crippen LogP contribution >= 0.6 is 0 Å². The van der Waals surface area contributed by atoms with Gasteiger partial charge >= 0.3 is 0 Å². The van der Waals surface area contributed by atoms with E-state index in [0.717, 1.165) is 19.0 Å². The minimum atomic E-state index is -0.682. The molecule has 2 N–H and O–H groups in total. The number of carbonyl (C=O) groups excluding carboxylic acids is 1. The summed E-state index contributed by atoms with van der Waals surface area (Å²) in [7, 11) is 4.61. The van der Waals surface area contributed by atoms with E-state index in [9.17, 15) is 13.6 Å². The molecule has 0 unspecified atom stereocenters. The number of hydrogen-bond donors (Lipinski definition) is 2. The van der Waals surface area contributed by atoms with Gasteiger partial charge in [-0.3, -0.25) is 4.79 Å². The molecule has 0 saturated carbocycles. The first-order valence-electron chi connectivity index (χ1n) is 11.8. The molecule has 1 aromatic heterocycles. The molecule has 37 heavy (non-hydrogen) atoms. The second kappa shape index (κ2) is 11.7. The zero-order valence-electron chi connectivity index (χ0n) is 20.9. The smallest absolute Gasteiger partial charge is 0.229 e. The minimum Gasteiger partial charge on any atom is -0.493 e. The Hall–Kier alpha value is -4.15. The van der Waals surface area contributed by atoms with E-state index < -0.39 is 11.6 Å². The molecule has 3 aromatic rings. The molecule has 0 radical (unpaired) electrons. The van der Waals surface area contributed by atoms with E-state index in [1.165, 1.54) is 33.5 Å². The highest BCUT2D eigenvalue weighted by Crippen LogP contribution is 2.40. The quantitative estimate of drug-likeness (QED) is 0.442. The van der Waals surface area contributed by atoms with Crippen molar-refractivity contribution < 1.29 is 27.8 Å². The summed E-state index contributed by atoms with van der Waals surface area (Å²) in [5, 5.41) is 5.93. The van der Waals surface area contributed by atoms with E-state index in [2.05, 4.69) is 20.6 Å². The van der Waals surface area contributed by atoms with Crippen molar-refractivity contribution in [2.24, 2.45) is 5.92 Å². The summed E-state index contributed by atoms with van der Waals surface area (Å²) in [5.74, 6) is 0.689. The van der Waals surface area contributed by atoms with Crippen LogP contribution in [0.15, 0.2) is 42.6 Å². The lowest BCUT2D eigenvalue weighted by Crippen LogP contribution is -2.43. The van der Waals surface area contributed by atoms with E-state index >= 15 is 0 Å². The summed E-state index contributed by atoms with van der Waals surface area (Å²) >= 11 is 0. The number of hydrogen-bond acceptors (Lipinski definition) is 8. The molecule has 196 valence electrons. The van der Waals surface area contributed by atoms with Gasteiger partial charge in [-0.2, -0.15) is 4.98 Å². The molecular weight excluding hydrogens is 484 g/mol. The van der Waals surface area contributed by atoms with Gasteiger partial charge in [0.05, 0.1) is 27.2 Å². The lowest BCUT2D eigenvalue weighted by Gasteiger charge is -2.33. The number of rotatable bonds is 9. The van der Waals surface area contributed by atoms with Crippen LogP contribution in [0.3, 0.4) is 0 Å². The Bertz CT molecular complexity index is 1230. The monoisotopic (exact) mass is 513 g/mol.